The minimum absolute atomic E-state index is 0.175. The van der Waals surface area contributed by atoms with Gasteiger partial charge in [0.25, 0.3) is 0 Å². The summed E-state index contributed by atoms with van der Waals surface area (Å²) in [6, 6.07) is 0.561. The van der Waals surface area contributed by atoms with Gasteiger partial charge in [0.2, 0.25) is 0 Å². The highest BCUT2D eigenvalue weighted by Gasteiger charge is 2.32. The molecular formula is C16H32N2O2. The van der Waals surface area contributed by atoms with Crippen LogP contribution in [0.2, 0.25) is 0 Å². The summed E-state index contributed by atoms with van der Waals surface area (Å²) < 4.78 is 11.8. The molecule has 2 aliphatic rings. The van der Waals surface area contributed by atoms with Gasteiger partial charge in [-0.3, -0.25) is 4.90 Å². The monoisotopic (exact) mass is 284 g/mol. The van der Waals surface area contributed by atoms with E-state index in [9.17, 15) is 0 Å². The minimum Gasteiger partial charge on any atom is -0.377 e. The van der Waals surface area contributed by atoms with Crippen molar-refractivity contribution in [2.24, 2.45) is 0 Å². The largest absolute Gasteiger partial charge is 0.377 e. The first-order valence-corrected chi connectivity index (χ1v) is 8.07. The number of likely N-dealkylation sites (N-methyl/N-ethyl adjacent to an activating group) is 1. The average molecular weight is 284 g/mol. The van der Waals surface area contributed by atoms with Gasteiger partial charge in [0.05, 0.1) is 18.3 Å². The van der Waals surface area contributed by atoms with Crippen molar-refractivity contribution in [1.29, 1.82) is 0 Å². The minimum atomic E-state index is 0.175. The smallest absolute Gasteiger partial charge is 0.0707 e. The van der Waals surface area contributed by atoms with Crippen molar-refractivity contribution in [3.8, 4) is 0 Å². The molecule has 0 amide bonds. The summed E-state index contributed by atoms with van der Waals surface area (Å²) in [6.07, 6.45) is 4.64. The molecule has 2 fully saturated rings. The first-order chi connectivity index (χ1) is 9.35. The summed E-state index contributed by atoms with van der Waals surface area (Å²) in [5, 5.41) is 3.54. The van der Waals surface area contributed by atoms with E-state index in [1.807, 2.05) is 0 Å². The predicted molar refractivity (Wildman–Crippen MR) is 82.1 cm³/mol. The molecule has 1 N–H and O–H groups in total. The molecule has 0 radical (unpaired) electrons. The summed E-state index contributed by atoms with van der Waals surface area (Å²) in [6.45, 7) is 11.7. The Kier molecular flexibility index (Phi) is 5.46. The molecule has 0 saturated carbocycles. The Morgan fingerprint density at radius 2 is 1.85 bits per heavy atom. The third-order valence-corrected chi connectivity index (χ3v) is 4.45. The maximum absolute atomic E-state index is 6.18. The highest BCUT2D eigenvalue weighted by Crippen LogP contribution is 2.24. The molecule has 0 spiro atoms. The second-order valence-electron chi connectivity index (χ2n) is 7.46. The van der Waals surface area contributed by atoms with Crippen LogP contribution in [0.5, 0.6) is 0 Å². The van der Waals surface area contributed by atoms with Crippen LogP contribution in [0, 0.1) is 0 Å². The lowest BCUT2D eigenvalue weighted by Crippen LogP contribution is -2.43. The van der Waals surface area contributed by atoms with Crippen LogP contribution in [0.3, 0.4) is 0 Å². The molecule has 4 heteroatoms. The lowest BCUT2D eigenvalue weighted by molar-refractivity contribution is 0.00954. The van der Waals surface area contributed by atoms with Gasteiger partial charge < -0.3 is 14.8 Å². The molecule has 4 nitrogen and oxygen atoms in total. The van der Waals surface area contributed by atoms with Crippen molar-refractivity contribution in [3.63, 3.8) is 0 Å². The van der Waals surface area contributed by atoms with Gasteiger partial charge in [-0.15, -0.1) is 0 Å². The van der Waals surface area contributed by atoms with Crippen LogP contribution in [0.15, 0.2) is 0 Å². The normalized spacial score (nSPS) is 35.1. The first kappa shape index (κ1) is 16.2. The van der Waals surface area contributed by atoms with Crippen molar-refractivity contribution < 1.29 is 9.47 Å². The van der Waals surface area contributed by atoms with Crippen LogP contribution in [-0.2, 0) is 9.47 Å². The Hall–Kier alpha value is -0.160. The second kappa shape index (κ2) is 6.73. The first-order valence-electron chi connectivity index (χ1n) is 8.07. The maximum Gasteiger partial charge on any atom is 0.0707 e. The maximum atomic E-state index is 6.18. The van der Waals surface area contributed by atoms with E-state index in [4.69, 9.17) is 9.47 Å². The Morgan fingerprint density at radius 1 is 1.15 bits per heavy atom. The van der Waals surface area contributed by atoms with Gasteiger partial charge in [0.1, 0.15) is 0 Å². The van der Waals surface area contributed by atoms with E-state index in [1.165, 1.54) is 12.8 Å². The third kappa shape index (κ3) is 4.69. The van der Waals surface area contributed by atoms with E-state index >= 15 is 0 Å². The lowest BCUT2D eigenvalue weighted by Gasteiger charge is -2.29. The van der Waals surface area contributed by atoms with Gasteiger partial charge in [-0.25, -0.2) is 0 Å². The van der Waals surface area contributed by atoms with Crippen molar-refractivity contribution in [2.45, 2.75) is 76.9 Å². The zero-order valence-corrected chi connectivity index (χ0v) is 13.8. The molecule has 0 bridgehead atoms. The number of rotatable bonds is 5. The molecule has 4 unspecified atom stereocenters. The molecule has 2 heterocycles. The molecule has 0 aromatic rings. The molecule has 118 valence electrons. The van der Waals surface area contributed by atoms with Crippen LogP contribution in [-0.4, -0.2) is 61.5 Å². The van der Waals surface area contributed by atoms with E-state index in [0.29, 0.717) is 24.4 Å². The molecule has 2 aliphatic heterocycles. The third-order valence-electron chi connectivity index (χ3n) is 4.45. The molecule has 4 atom stereocenters. The van der Waals surface area contributed by atoms with Gasteiger partial charge in [-0.2, -0.15) is 0 Å². The molecule has 20 heavy (non-hydrogen) atoms. The van der Waals surface area contributed by atoms with Crippen LogP contribution in [0.1, 0.15) is 47.0 Å². The van der Waals surface area contributed by atoms with Crippen molar-refractivity contribution in [3.05, 3.63) is 0 Å². The van der Waals surface area contributed by atoms with E-state index in [1.54, 1.807) is 0 Å². The fourth-order valence-electron chi connectivity index (χ4n) is 3.24. The SMILES string of the molecule is CC1OCCC1N(C)CC1CCC(CNC(C)(C)C)O1. The molecular weight excluding hydrogens is 252 g/mol. The number of nitrogens with zero attached hydrogens (tertiary/aromatic N) is 1. The van der Waals surface area contributed by atoms with Crippen LogP contribution in [0.25, 0.3) is 0 Å². The number of nitrogens with one attached hydrogen (secondary N) is 1. The van der Waals surface area contributed by atoms with Crippen LogP contribution < -0.4 is 5.32 Å². The van der Waals surface area contributed by atoms with Crippen molar-refractivity contribution in [1.82, 2.24) is 10.2 Å². The van der Waals surface area contributed by atoms with Gasteiger partial charge in [-0.1, -0.05) is 0 Å². The van der Waals surface area contributed by atoms with Gasteiger partial charge in [0.15, 0.2) is 0 Å². The Balaban J connectivity index is 1.70. The Bertz CT molecular complexity index is 303. The summed E-state index contributed by atoms with van der Waals surface area (Å²) in [4.78, 5) is 2.43. The number of ether oxygens (including phenoxy) is 2. The topological polar surface area (TPSA) is 33.7 Å². The Morgan fingerprint density at radius 3 is 2.45 bits per heavy atom. The zero-order chi connectivity index (χ0) is 14.8. The molecule has 2 rings (SSSR count). The van der Waals surface area contributed by atoms with E-state index in [0.717, 1.165) is 26.1 Å². The van der Waals surface area contributed by atoms with Crippen molar-refractivity contribution >= 4 is 0 Å². The summed E-state index contributed by atoms with van der Waals surface area (Å²) in [7, 11) is 2.21. The zero-order valence-electron chi connectivity index (χ0n) is 13.8. The summed E-state index contributed by atoms with van der Waals surface area (Å²) in [5.41, 5.74) is 0.175. The van der Waals surface area contributed by atoms with E-state index in [-0.39, 0.29) is 5.54 Å². The fraction of sp³-hybridized carbons (Fsp3) is 1.00. The number of hydrogen-bond donors (Lipinski definition) is 1. The molecule has 0 aliphatic carbocycles. The molecule has 0 aromatic carbocycles. The van der Waals surface area contributed by atoms with Gasteiger partial charge >= 0.3 is 0 Å². The lowest BCUT2D eigenvalue weighted by atomic mass is 10.1. The molecule has 0 aromatic heterocycles. The highest BCUT2D eigenvalue weighted by atomic mass is 16.5. The average Bonchev–Trinajstić information content (AvgIpc) is 2.94. The summed E-state index contributed by atoms with van der Waals surface area (Å²) in [5.74, 6) is 0. The second-order valence-corrected chi connectivity index (χ2v) is 7.46. The number of hydrogen-bond acceptors (Lipinski definition) is 4. The van der Waals surface area contributed by atoms with Gasteiger partial charge in [0, 0.05) is 31.3 Å². The molecule has 2 saturated heterocycles. The standard InChI is InChI=1S/C16H32N2O2/c1-12-15(8-9-19-12)18(5)11-14-7-6-13(20-14)10-17-16(2,3)4/h12-15,17H,6-11H2,1-5H3. The Labute approximate surface area is 124 Å². The summed E-state index contributed by atoms with van der Waals surface area (Å²) >= 11 is 0. The van der Waals surface area contributed by atoms with Crippen molar-refractivity contribution in [2.75, 3.05) is 26.7 Å². The fourth-order valence-corrected chi connectivity index (χ4v) is 3.24. The predicted octanol–water partition coefficient (Wildman–Crippen LogP) is 2.03. The quantitative estimate of drug-likeness (QED) is 0.837. The van der Waals surface area contributed by atoms with Gasteiger partial charge in [-0.05, 0) is 54.0 Å². The van der Waals surface area contributed by atoms with Crippen LogP contribution in [0.4, 0.5) is 0 Å². The van der Waals surface area contributed by atoms with E-state index in [2.05, 4.69) is 45.0 Å². The van der Waals surface area contributed by atoms with Crippen LogP contribution >= 0.6 is 0 Å². The highest BCUT2D eigenvalue weighted by molar-refractivity contribution is 4.85. The van der Waals surface area contributed by atoms with E-state index < -0.39 is 0 Å².